The number of carbonyl (C=O) groups is 2. The molecule has 0 heterocycles. The highest BCUT2D eigenvalue weighted by molar-refractivity contribution is 7.90. The van der Waals surface area contributed by atoms with Crippen molar-refractivity contribution in [1.82, 2.24) is 5.32 Å². The van der Waals surface area contributed by atoms with E-state index in [0.29, 0.717) is 5.56 Å². The van der Waals surface area contributed by atoms with Crippen LogP contribution in [0.25, 0.3) is 0 Å². The van der Waals surface area contributed by atoms with Crippen molar-refractivity contribution in [2.75, 3.05) is 13.4 Å². The van der Waals surface area contributed by atoms with Gasteiger partial charge in [0.25, 0.3) is 5.91 Å². The van der Waals surface area contributed by atoms with Crippen molar-refractivity contribution in [3.05, 3.63) is 59.7 Å². The van der Waals surface area contributed by atoms with E-state index in [1.807, 2.05) is 0 Å². The van der Waals surface area contributed by atoms with Crippen LogP contribution >= 0.6 is 0 Å². The number of amides is 1. The average Bonchev–Trinajstić information content (AvgIpc) is 2.65. The highest BCUT2D eigenvalue weighted by atomic mass is 32.2. The molecular weight excluding hydrogens is 370 g/mol. The number of rotatable bonds is 7. The van der Waals surface area contributed by atoms with E-state index in [2.05, 4.69) is 5.32 Å². The zero-order valence-corrected chi connectivity index (χ0v) is 16.0. The maximum atomic E-state index is 12.9. The van der Waals surface area contributed by atoms with E-state index in [-0.39, 0.29) is 22.6 Å². The molecule has 0 aliphatic rings. The maximum absolute atomic E-state index is 12.9. The first-order chi connectivity index (χ1) is 12.7. The number of sulfone groups is 1. The highest BCUT2D eigenvalue weighted by Crippen LogP contribution is 2.28. The van der Waals surface area contributed by atoms with Crippen LogP contribution in [0.3, 0.4) is 0 Å². The third-order valence-corrected chi connectivity index (χ3v) is 5.44. The minimum Gasteiger partial charge on any atom is -0.496 e. The van der Waals surface area contributed by atoms with Gasteiger partial charge in [-0.25, -0.2) is 13.2 Å². The quantitative estimate of drug-likeness (QED) is 0.749. The first-order valence-corrected chi connectivity index (χ1v) is 10.0. The molecular formula is C19H21NO6S. The smallest absolute Gasteiger partial charge is 0.334 e. The fourth-order valence-corrected chi connectivity index (χ4v) is 3.42. The van der Waals surface area contributed by atoms with Crippen molar-refractivity contribution in [2.24, 2.45) is 0 Å². The second kappa shape index (κ2) is 7.79. The lowest BCUT2D eigenvalue weighted by molar-refractivity contribution is -0.145. The normalized spacial score (nSPS) is 13.4. The zero-order valence-electron chi connectivity index (χ0n) is 15.2. The molecule has 1 atom stereocenters. The lowest BCUT2D eigenvalue weighted by atomic mass is 9.87. The van der Waals surface area contributed by atoms with Crippen molar-refractivity contribution in [3.63, 3.8) is 0 Å². The summed E-state index contributed by atoms with van der Waals surface area (Å²) in [6, 6.07) is 12.2. The lowest BCUT2D eigenvalue weighted by Crippen LogP contribution is -2.51. The number of ether oxygens (including phenoxy) is 1. The fraction of sp³-hybridized carbons (Fsp3) is 0.263. The fourth-order valence-electron chi connectivity index (χ4n) is 2.77. The van der Waals surface area contributed by atoms with E-state index >= 15 is 0 Å². The Morgan fingerprint density at radius 1 is 1.15 bits per heavy atom. The molecule has 0 aliphatic heterocycles. The summed E-state index contributed by atoms with van der Waals surface area (Å²) in [4.78, 5) is 24.9. The van der Waals surface area contributed by atoms with Gasteiger partial charge < -0.3 is 15.2 Å². The van der Waals surface area contributed by atoms with Crippen molar-refractivity contribution < 1.29 is 27.9 Å². The van der Waals surface area contributed by atoms with E-state index in [0.717, 1.165) is 6.26 Å². The van der Waals surface area contributed by atoms with Gasteiger partial charge in [0, 0.05) is 6.26 Å². The second-order valence-electron chi connectivity index (χ2n) is 6.02. The topological polar surface area (TPSA) is 110 Å². The summed E-state index contributed by atoms with van der Waals surface area (Å²) in [5.74, 6) is -1.82. The van der Waals surface area contributed by atoms with E-state index in [4.69, 9.17) is 4.74 Å². The molecule has 2 aromatic rings. The summed E-state index contributed by atoms with van der Waals surface area (Å²) in [6.45, 7) is 1.64. The Hall–Kier alpha value is -2.87. The van der Waals surface area contributed by atoms with Gasteiger partial charge in [0.15, 0.2) is 15.4 Å². The van der Waals surface area contributed by atoms with Gasteiger partial charge in [-0.05, 0) is 30.2 Å². The van der Waals surface area contributed by atoms with E-state index < -0.39 is 27.3 Å². The van der Waals surface area contributed by atoms with Crippen LogP contribution in [0, 0.1) is 0 Å². The lowest BCUT2D eigenvalue weighted by Gasteiger charge is -2.30. The number of benzene rings is 2. The SMILES string of the molecule is CCC(NC(=O)c1cc(S(C)(=O)=O)ccc1OC)(C(=O)O)c1ccccc1. The highest BCUT2D eigenvalue weighted by Gasteiger charge is 2.40. The number of hydrogen-bond donors (Lipinski definition) is 2. The molecule has 0 aliphatic carbocycles. The molecule has 2 N–H and O–H groups in total. The first kappa shape index (κ1) is 20.4. The van der Waals surface area contributed by atoms with Gasteiger partial charge >= 0.3 is 5.97 Å². The molecule has 27 heavy (non-hydrogen) atoms. The standard InChI is InChI=1S/C19H21NO6S/c1-4-19(18(22)23,13-8-6-5-7-9-13)20-17(21)15-12-14(27(3,24)25)10-11-16(15)26-2/h5-12H,4H2,1-3H3,(H,20,21)(H,22,23). The number of aliphatic carboxylic acids is 1. The molecule has 144 valence electrons. The Balaban J connectivity index is 2.55. The minimum atomic E-state index is -3.55. The van der Waals surface area contributed by atoms with E-state index in [1.54, 1.807) is 37.3 Å². The van der Waals surface area contributed by atoms with Gasteiger partial charge in [-0.15, -0.1) is 0 Å². The van der Waals surface area contributed by atoms with Gasteiger partial charge in [-0.2, -0.15) is 0 Å². The molecule has 0 spiro atoms. The zero-order chi connectivity index (χ0) is 20.2. The third-order valence-electron chi connectivity index (χ3n) is 4.33. The molecule has 1 unspecified atom stereocenters. The molecule has 7 nitrogen and oxygen atoms in total. The Morgan fingerprint density at radius 3 is 2.26 bits per heavy atom. The van der Waals surface area contributed by atoms with Crippen molar-refractivity contribution in [3.8, 4) is 5.75 Å². The molecule has 0 fully saturated rings. The van der Waals surface area contributed by atoms with Crippen LogP contribution in [-0.2, 0) is 20.2 Å². The molecule has 0 radical (unpaired) electrons. The summed E-state index contributed by atoms with van der Waals surface area (Å²) < 4.78 is 28.8. The number of methoxy groups -OCH3 is 1. The van der Waals surface area contributed by atoms with Crippen LogP contribution in [0.5, 0.6) is 5.75 Å². The molecule has 2 rings (SSSR count). The molecule has 8 heteroatoms. The number of carboxylic acid groups (broad SMARTS) is 1. The monoisotopic (exact) mass is 391 g/mol. The predicted molar refractivity (Wildman–Crippen MR) is 99.6 cm³/mol. The molecule has 1 amide bonds. The van der Waals surface area contributed by atoms with Crippen LogP contribution < -0.4 is 10.1 Å². The largest absolute Gasteiger partial charge is 0.496 e. The summed E-state index contributed by atoms with van der Waals surface area (Å²) in [5, 5.41) is 12.4. The van der Waals surface area contributed by atoms with Gasteiger partial charge in [0.05, 0.1) is 17.6 Å². The number of nitrogens with one attached hydrogen (secondary N) is 1. The molecule has 0 bridgehead atoms. The molecule has 0 saturated heterocycles. The van der Waals surface area contributed by atoms with Crippen molar-refractivity contribution in [1.29, 1.82) is 0 Å². The van der Waals surface area contributed by atoms with Crippen LogP contribution in [0.4, 0.5) is 0 Å². The first-order valence-electron chi connectivity index (χ1n) is 8.15. The Morgan fingerprint density at radius 2 is 1.78 bits per heavy atom. The Kier molecular flexibility index (Phi) is 5.90. The number of carboxylic acids is 1. The predicted octanol–water partition coefficient (Wildman–Crippen LogP) is 2.22. The van der Waals surface area contributed by atoms with Gasteiger partial charge in [0.2, 0.25) is 0 Å². The second-order valence-corrected chi connectivity index (χ2v) is 8.03. The van der Waals surface area contributed by atoms with E-state index in [9.17, 15) is 23.1 Å². The van der Waals surface area contributed by atoms with Crippen molar-refractivity contribution >= 4 is 21.7 Å². The summed E-state index contributed by atoms with van der Waals surface area (Å²) >= 11 is 0. The van der Waals surface area contributed by atoms with Gasteiger partial charge in [-0.1, -0.05) is 37.3 Å². The van der Waals surface area contributed by atoms with Crippen LogP contribution in [-0.4, -0.2) is 38.8 Å². The molecule has 0 aromatic heterocycles. The summed E-state index contributed by atoms with van der Waals surface area (Å²) in [5.41, 5.74) is -1.31. The average molecular weight is 391 g/mol. The van der Waals surface area contributed by atoms with Crippen LogP contribution in [0.2, 0.25) is 0 Å². The van der Waals surface area contributed by atoms with Crippen molar-refractivity contribution in [2.45, 2.75) is 23.8 Å². The Bertz CT molecular complexity index is 955. The van der Waals surface area contributed by atoms with Crippen LogP contribution in [0.1, 0.15) is 29.3 Å². The minimum absolute atomic E-state index is 0.0598. The van der Waals surface area contributed by atoms with E-state index in [1.165, 1.54) is 25.3 Å². The number of carbonyl (C=O) groups excluding carboxylic acids is 1. The maximum Gasteiger partial charge on any atom is 0.334 e. The van der Waals surface area contributed by atoms with Gasteiger partial charge in [0.1, 0.15) is 5.75 Å². The third kappa shape index (κ3) is 4.11. The Labute approximate surface area is 157 Å². The molecule has 2 aromatic carbocycles. The van der Waals surface area contributed by atoms with Crippen LogP contribution in [0.15, 0.2) is 53.4 Å². The number of hydrogen-bond acceptors (Lipinski definition) is 5. The summed E-state index contributed by atoms with van der Waals surface area (Å²) in [7, 11) is -2.21. The molecule has 0 saturated carbocycles. The summed E-state index contributed by atoms with van der Waals surface area (Å²) in [6.07, 6.45) is 1.11. The van der Waals surface area contributed by atoms with Gasteiger partial charge in [-0.3, -0.25) is 4.79 Å².